The van der Waals surface area contributed by atoms with E-state index in [9.17, 15) is 4.39 Å². The zero-order valence-electron chi connectivity index (χ0n) is 12.9. The highest BCUT2D eigenvalue weighted by atomic mass is 19.1. The lowest BCUT2D eigenvalue weighted by molar-refractivity contribution is 0.220. The van der Waals surface area contributed by atoms with Crippen molar-refractivity contribution in [1.29, 1.82) is 0 Å². The molecular formula is C17H29F. The highest BCUT2D eigenvalue weighted by Crippen LogP contribution is 2.29. The zero-order chi connectivity index (χ0) is 14.2. The normalized spacial score (nSPS) is 10.8. The third-order valence-corrected chi connectivity index (χ3v) is 3.11. The quantitative estimate of drug-likeness (QED) is 0.620. The van der Waals surface area contributed by atoms with Crippen LogP contribution in [0, 0.1) is 6.92 Å². The van der Waals surface area contributed by atoms with E-state index in [0.717, 1.165) is 17.5 Å². The molecule has 0 aliphatic heterocycles. The summed E-state index contributed by atoms with van der Waals surface area (Å²) in [4.78, 5) is 0. The van der Waals surface area contributed by atoms with E-state index in [1.165, 1.54) is 24.8 Å². The molecule has 0 saturated carbocycles. The van der Waals surface area contributed by atoms with E-state index in [1.54, 1.807) is 13.8 Å². The van der Waals surface area contributed by atoms with E-state index >= 15 is 0 Å². The molecule has 0 amide bonds. The van der Waals surface area contributed by atoms with Gasteiger partial charge in [-0.05, 0) is 43.9 Å². The Morgan fingerprint density at radius 2 is 1.61 bits per heavy atom. The number of hydrogen-bond donors (Lipinski definition) is 0. The molecule has 0 spiro atoms. The summed E-state index contributed by atoms with van der Waals surface area (Å²) in [6, 6.07) is 5.84. The summed E-state index contributed by atoms with van der Waals surface area (Å²) >= 11 is 0. The molecule has 0 unspecified atom stereocenters. The Kier molecular flexibility index (Phi) is 7.90. The van der Waals surface area contributed by atoms with Crippen LogP contribution < -0.4 is 0 Å². The molecule has 0 N–H and O–H groups in total. The number of unbranched alkanes of at least 4 members (excludes halogenated alkanes) is 2. The van der Waals surface area contributed by atoms with Crippen molar-refractivity contribution in [3.05, 3.63) is 34.9 Å². The van der Waals surface area contributed by atoms with E-state index in [1.807, 2.05) is 25.1 Å². The molecular weight excluding hydrogens is 223 g/mol. The third kappa shape index (κ3) is 5.66. The van der Waals surface area contributed by atoms with E-state index < -0.39 is 5.67 Å². The van der Waals surface area contributed by atoms with Gasteiger partial charge in [-0.15, -0.1) is 0 Å². The van der Waals surface area contributed by atoms with Gasteiger partial charge in [-0.1, -0.05) is 58.2 Å². The summed E-state index contributed by atoms with van der Waals surface area (Å²) < 4.78 is 13.7. The molecule has 0 aliphatic carbocycles. The first-order chi connectivity index (χ1) is 8.38. The smallest absolute Gasteiger partial charge is 0.130 e. The van der Waals surface area contributed by atoms with Crippen LogP contribution in [0.15, 0.2) is 18.2 Å². The second-order valence-electron chi connectivity index (χ2n) is 5.28. The van der Waals surface area contributed by atoms with Gasteiger partial charge >= 0.3 is 0 Å². The molecule has 18 heavy (non-hydrogen) atoms. The molecule has 0 aliphatic rings. The number of halogens is 1. The standard InChI is InChI=1S/C12H17F.C5H12/c1-5-10-9(2)7-6-8-11(10)12(3,4)13;1-3-5-4-2/h6-8H,5H2,1-4H3;3-5H2,1-2H3. The largest absolute Gasteiger partial charge is 0.239 e. The predicted octanol–water partition coefficient (Wildman–Crippen LogP) is 5.96. The van der Waals surface area contributed by atoms with E-state index in [2.05, 4.69) is 20.8 Å². The molecule has 0 saturated heterocycles. The van der Waals surface area contributed by atoms with Gasteiger partial charge in [0.25, 0.3) is 0 Å². The van der Waals surface area contributed by atoms with Gasteiger partial charge in [0.2, 0.25) is 0 Å². The van der Waals surface area contributed by atoms with E-state index in [4.69, 9.17) is 0 Å². The van der Waals surface area contributed by atoms with Crippen LogP contribution in [0.2, 0.25) is 0 Å². The van der Waals surface area contributed by atoms with Crippen LogP contribution in [0.5, 0.6) is 0 Å². The Morgan fingerprint density at radius 3 is 1.89 bits per heavy atom. The Morgan fingerprint density at radius 1 is 1.06 bits per heavy atom. The molecule has 1 rings (SSSR count). The average molecular weight is 252 g/mol. The van der Waals surface area contributed by atoms with Gasteiger partial charge in [-0.2, -0.15) is 0 Å². The molecule has 104 valence electrons. The van der Waals surface area contributed by atoms with Crippen LogP contribution in [0.25, 0.3) is 0 Å². The summed E-state index contributed by atoms with van der Waals surface area (Å²) in [7, 11) is 0. The number of aryl methyl sites for hydroxylation is 1. The third-order valence-electron chi connectivity index (χ3n) is 3.11. The maximum Gasteiger partial charge on any atom is 0.130 e. The van der Waals surface area contributed by atoms with Crippen LogP contribution in [0.1, 0.15) is 70.6 Å². The number of hydrogen-bond acceptors (Lipinski definition) is 0. The molecule has 0 nitrogen and oxygen atoms in total. The fraction of sp³-hybridized carbons (Fsp3) is 0.647. The van der Waals surface area contributed by atoms with E-state index in [0.29, 0.717) is 0 Å². The predicted molar refractivity (Wildman–Crippen MR) is 79.9 cm³/mol. The molecule has 0 aromatic heterocycles. The first-order valence-electron chi connectivity index (χ1n) is 7.16. The molecule has 0 heterocycles. The Balaban J connectivity index is 0.000000494. The maximum atomic E-state index is 13.7. The van der Waals surface area contributed by atoms with Crippen molar-refractivity contribution in [2.75, 3.05) is 0 Å². The fourth-order valence-electron chi connectivity index (χ4n) is 2.08. The maximum absolute atomic E-state index is 13.7. The lowest BCUT2D eigenvalue weighted by atomic mass is 9.90. The van der Waals surface area contributed by atoms with Crippen molar-refractivity contribution in [2.45, 2.75) is 72.9 Å². The molecule has 0 fully saturated rings. The fourth-order valence-corrected chi connectivity index (χ4v) is 2.08. The first-order valence-corrected chi connectivity index (χ1v) is 7.16. The highest BCUT2D eigenvalue weighted by molar-refractivity contribution is 5.37. The lowest BCUT2D eigenvalue weighted by Gasteiger charge is -2.20. The van der Waals surface area contributed by atoms with Gasteiger partial charge < -0.3 is 0 Å². The van der Waals surface area contributed by atoms with Crippen LogP contribution >= 0.6 is 0 Å². The topological polar surface area (TPSA) is 0 Å². The van der Waals surface area contributed by atoms with Crippen LogP contribution in [-0.4, -0.2) is 0 Å². The van der Waals surface area contributed by atoms with Gasteiger partial charge in [0.15, 0.2) is 0 Å². The number of benzene rings is 1. The molecule has 1 heteroatoms. The molecule has 0 atom stereocenters. The Hall–Kier alpha value is -0.850. The lowest BCUT2D eigenvalue weighted by Crippen LogP contribution is -2.12. The van der Waals surface area contributed by atoms with Crippen LogP contribution in [0.4, 0.5) is 4.39 Å². The SMILES string of the molecule is CCCCC.CCc1c(C)cccc1C(C)(C)F. The molecule has 0 radical (unpaired) electrons. The van der Waals surface area contributed by atoms with E-state index in [-0.39, 0.29) is 0 Å². The number of rotatable bonds is 4. The Labute approximate surface area is 113 Å². The average Bonchev–Trinajstić information content (AvgIpc) is 2.29. The zero-order valence-corrected chi connectivity index (χ0v) is 12.9. The van der Waals surface area contributed by atoms with Gasteiger partial charge in [-0.3, -0.25) is 0 Å². The summed E-state index contributed by atoms with van der Waals surface area (Å²) in [6.07, 6.45) is 4.97. The van der Waals surface area contributed by atoms with Gasteiger partial charge in [0, 0.05) is 0 Å². The highest BCUT2D eigenvalue weighted by Gasteiger charge is 2.21. The summed E-state index contributed by atoms with van der Waals surface area (Å²) in [5.41, 5.74) is 1.94. The minimum Gasteiger partial charge on any atom is -0.239 e. The van der Waals surface area contributed by atoms with Gasteiger partial charge in [0.05, 0.1) is 0 Å². The molecule has 0 bridgehead atoms. The minimum atomic E-state index is -1.22. The van der Waals surface area contributed by atoms with Crippen LogP contribution in [-0.2, 0) is 12.1 Å². The molecule has 1 aromatic carbocycles. The van der Waals surface area contributed by atoms with Crippen molar-refractivity contribution in [3.63, 3.8) is 0 Å². The van der Waals surface area contributed by atoms with Crippen LogP contribution in [0.3, 0.4) is 0 Å². The molecule has 1 aromatic rings. The monoisotopic (exact) mass is 252 g/mol. The van der Waals surface area contributed by atoms with Gasteiger partial charge in [0.1, 0.15) is 5.67 Å². The van der Waals surface area contributed by atoms with Crippen molar-refractivity contribution in [1.82, 2.24) is 0 Å². The van der Waals surface area contributed by atoms with Crippen molar-refractivity contribution >= 4 is 0 Å². The van der Waals surface area contributed by atoms with Crippen molar-refractivity contribution in [2.24, 2.45) is 0 Å². The second kappa shape index (κ2) is 8.29. The summed E-state index contributed by atoms with van der Waals surface area (Å²) in [5.74, 6) is 0. The Bertz CT molecular complexity index is 332. The second-order valence-corrected chi connectivity index (χ2v) is 5.28. The summed E-state index contributed by atoms with van der Waals surface area (Å²) in [5, 5.41) is 0. The minimum absolute atomic E-state index is 0.829. The number of alkyl halides is 1. The first kappa shape index (κ1) is 17.2. The summed E-state index contributed by atoms with van der Waals surface area (Å²) in [6.45, 7) is 11.8. The van der Waals surface area contributed by atoms with Crippen molar-refractivity contribution in [3.8, 4) is 0 Å². The van der Waals surface area contributed by atoms with Crippen molar-refractivity contribution < 1.29 is 4.39 Å². The van der Waals surface area contributed by atoms with Gasteiger partial charge in [-0.25, -0.2) is 4.39 Å².